The first kappa shape index (κ1) is 50.4. The van der Waals surface area contributed by atoms with E-state index in [1.807, 2.05) is 0 Å². The van der Waals surface area contributed by atoms with Crippen LogP contribution in [-0.2, 0) is 38.7 Å². The van der Waals surface area contributed by atoms with E-state index >= 15 is 0 Å². The van der Waals surface area contributed by atoms with Crippen LogP contribution < -0.4 is 0 Å². The highest BCUT2D eigenvalue weighted by molar-refractivity contribution is 7.85. The van der Waals surface area contributed by atoms with Gasteiger partial charge in [0.2, 0.25) is 0 Å². The van der Waals surface area contributed by atoms with Gasteiger partial charge < -0.3 is 34.3 Å². The van der Waals surface area contributed by atoms with Crippen molar-refractivity contribution in [2.75, 3.05) is 19.0 Å². The van der Waals surface area contributed by atoms with E-state index < -0.39 is 71.2 Å². The topological polar surface area (TPSA) is 186 Å². The Morgan fingerprint density at radius 1 is 0.611 bits per heavy atom. The third-order valence-corrected chi connectivity index (χ3v) is 10.6. The van der Waals surface area contributed by atoms with Crippen LogP contribution in [0.3, 0.4) is 0 Å². The Kier molecular flexibility index (Phi) is 30.3. The van der Waals surface area contributed by atoms with Gasteiger partial charge in [0, 0.05) is 12.8 Å². The second kappa shape index (κ2) is 32.5. The molecular weight excluding hydrogens is 717 g/mol. The highest BCUT2D eigenvalue weighted by atomic mass is 32.2. The van der Waals surface area contributed by atoms with E-state index in [-0.39, 0.29) is 19.4 Å². The maximum atomic E-state index is 12.7. The lowest BCUT2D eigenvalue weighted by atomic mass is 10.00. The lowest BCUT2D eigenvalue weighted by Crippen LogP contribution is -2.60. The fraction of sp³-hybridized carbons (Fsp3) is 0.902. The summed E-state index contributed by atoms with van der Waals surface area (Å²) >= 11 is 0. The van der Waals surface area contributed by atoms with E-state index in [0.717, 1.165) is 38.5 Å². The zero-order valence-corrected chi connectivity index (χ0v) is 34.4. The molecule has 0 aliphatic carbocycles. The molecule has 2 unspecified atom stereocenters. The first-order chi connectivity index (χ1) is 26.0. The van der Waals surface area contributed by atoms with Crippen LogP contribution in [0.2, 0.25) is 0 Å². The lowest BCUT2D eigenvalue weighted by molar-refractivity contribution is -0.297. The summed E-state index contributed by atoms with van der Waals surface area (Å²) in [6.07, 6.45) is 22.9. The zero-order valence-electron chi connectivity index (χ0n) is 33.6. The molecule has 1 heterocycles. The van der Waals surface area contributed by atoms with E-state index in [0.29, 0.717) is 12.8 Å². The molecule has 0 aromatic heterocycles. The number of unbranched alkanes of at least 4 members (excludes halogenated alkanes) is 21. The third kappa shape index (κ3) is 27.1. The molecule has 1 saturated heterocycles. The predicted molar refractivity (Wildman–Crippen MR) is 210 cm³/mol. The molecule has 4 N–H and O–H groups in total. The number of carbonyl (C=O) groups excluding carboxylic acids is 2. The molecule has 12 nitrogen and oxygen atoms in total. The van der Waals surface area contributed by atoms with Crippen molar-refractivity contribution in [1.29, 1.82) is 0 Å². The SMILES string of the molecule is CCCCCCCC/C=C/CCCCCCCCCCCC(=O)O[C@H](COC(=O)CCCCCCCCC)CO[C@H]1O[C@H](CS(=O)(=O)O)[C@@H](O)C(O)C1O. The molecule has 6 atom stereocenters. The second-order valence-corrected chi connectivity index (χ2v) is 16.5. The van der Waals surface area contributed by atoms with Crippen LogP contribution >= 0.6 is 0 Å². The molecule has 1 rings (SSSR count). The van der Waals surface area contributed by atoms with Crippen molar-refractivity contribution < 1.29 is 56.8 Å². The van der Waals surface area contributed by atoms with E-state index in [1.165, 1.54) is 103 Å². The first-order valence-corrected chi connectivity index (χ1v) is 22.9. The van der Waals surface area contributed by atoms with Gasteiger partial charge in [-0.3, -0.25) is 14.1 Å². The molecule has 0 radical (unpaired) electrons. The number of hydrogen-bond donors (Lipinski definition) is 4. The molecule has 0 spiro atoms. The number of hydrogen-bond acceptors (Lipinski definition) is 11. The van der Waals surface area contributed by atoms with Crippen molar-refractivity contribution in [2.24, 2.45) is 0 Å². The molecule has 0 bridgehead atoms. The van der Waals surface area contributed by atoms with Gasteiger partial charge >= 0.3 is 11.9 Å². The molecule has 1 aliphatic rings. The summed E-state index contributed by atoms with van der Waals surface area (Å²) in [5, 5.41) is 30.7. The van der Waals surface area contributed by atoms with E-state index in [2.05, 4.69) is 26.0 Å². The summed E-state index contributed by atoms with van der Waals surface area (Å²) in [5.41, 5.74) is 0. The molecule has 54 heavy (non-hydrogen) atoms. The minimum atomic E-state index is -4.59. The van der Waals surface area contributed by atoms with Crippen LogP contribution in [-0.4, -0.2) is 96.0 Å². The molecule has 1 fully saturated rings. The van der Waals surface area contributed by atoms with Crippen molar-refractivity contribution >= 4 is 22.1 Å². The van der Waals surface area contributed by atoms with Crippen LogP contribution in [0.25, 0.3) is 0 Å². The van der Waals surface area contributed by atoms with Crippen LogP contribution in [0, 0.1) is 0 Å². The van der Waals surface area contributed by atoms with Gasteiger partial charge in [0.25, 0.3) is 10.1 Å². The Bertz CT molecular complexity index is 1070. The summed E-state index contributed by atoms with van der Waals surface area (Å²) in [6.45, 7) is 3.69. The number of aliphatic hydroxyl groups is 3. The fourth-order valence-electron chi connectivity index (χ4n) is 6.49. The molecule has 1 aliphatic heterocycles. The molecular formula is C41H76O12S. The summed E-state index contributed by atoms with van der Waals surface area (Å²) < 4.78 is 53.8. The van der Waals surface area contributed by atoms with Crippen molar-refractivity contribution in [2.45, 2.75) is 218 Å². The maximum Gasteiger partial charge on any atom is 0.306 e. The number of aliphatic hydroxyl groups excluding tert-OH is 3. The van der Waals surface area contributed by atoms with Crippen LogP contribution in [0.15, 0.2) is 12.2 Å². The van der Waals surface area contributed by atoms with Gasteiger partial charge in [-0.05, 0) is 38.5 Å². The Hall–Kier alpha value is -1.61. The largest absolute Gasteiger partial charge is 0.462 e. The van der Waals surface area contributed by atoms with Gasteiger partial charge in [-0.2, -0.15) is 8.42 Å². The standard InChI is InChI=1S/C41H76O12S/c1-3-5-7-9-11-12-13-14-15-16-17-18-19-20-21-22-24-26-28-30-37(43)52-34(31-50-36(42)29-27-25-23-10-8-6-4-2)32-51-41-40(46)39(45)38(44)35(53-41)33-54(47,48)49/h14-15,34-35,38-41,44-46H,3-13,16-33H2,1-2H3,(H,47,48,49)/b15-14+/t34-,35-,38-,39?,40?,41+/m1/s1. The molecule has 0 aromatic carbocycles. The molecule has 13 heteroatoms. The van der Waals surface area contributed by atoms with Gasteiger partial charge in [-0.25, -0.2) is 0 Å². The lowest BCUT2D eigenvalue weighted by Gasteiger charge is -2.40. The Morgan fingerprint density at radius 2 is 1.06 bits per heavy atom. The highest BCUT2D eigenvalue weighted by Crippen LogP contribution is 2.24. The van der Waals surface area contributed by atoms with Crippen LogP contribution in [0.5, 0.6) is 0 Å². The van der Waals surface area contributed by atoms with E-state index in [1.54, 1.807) is 0 Å². The van der Waals surface area contributed by atoms with E-state index in [9.17, 15) is 37.9 Å². The van der Waals surface area contributed by atoms with Gasteiger partial charge in [-0.15, -0.1) is 0 Å². The van der Waals surface area contributed by atoms with Gasteiger partial charge in [0.05, 0.1) is 6.61 Å². The average Bonchev–Trinajstić information content (AvgIpc) is 3.13. The van der Waals surface area contributed by atoms with Crippen molar-refractivity contribution in [3.63, 3.8) is 0 Å². The number of carbonyl (C=O) groups is 2. The molecule has 318 valence electrons. The smallest absolute Gasteiger partial charge is 0.306 e. The fourth-order valence-corrected chi connectivity index (χ4v) is 7.19. The minimum absolute atomic E-state index is 0.165. The summed E-state index contributed by atoms with van der Waals surface area (Å²) in [6, 6.07) is 0. The quantitative estimate of drug-likeness (QED) is 0.0211. The maximum absolute atomic E-state index is 12.7. The number of allylic oxidation sites excluding steroid dienone is 2. The summed E-state index contributed by atoms with van der Waals surface area (Å²) in [4.78, 5) is 25.2. The predicted octanol–water partition coefficient (Wildman–Crippen LogP) is 7.89. The Labute approximate surface area is 326 Å². The first-order valence-electron chi connectivity index (χ1n) is 21.2. The van der Waals surface area contributed by atoms with E-state index in [4.69, 9.17) is 18.9 Å². The van der Waals surface area contributed by atoms with Crippen molar-refractivity contribution in [3.8, 4) is 0 Å². The molecule has 0 amide bonds. The van der Waals surface area contributed by atoms with Crippen LogP contribution in [0.1, 0.15) is 181 Å². The monoisotopic (exact) mass is 793 g/mol. The number of ether oxygens (including phenoxy) is 4. The van der Waals surface area contributed by atoms with Crippen molar-refractivity contribution in [3.05, 3.63) is 12.2 Å². The van der Waals surface area contributed by atoms with Crippen molar-refractivity contribution in [1.82, 2.24) is 0 Å². The van der Waals surface area contributed by atoms with Crippen LogP contribution in [0.4, 0.5) is 0 Å². The minimum Gasteiger partial charge on any atom is -0.462 e. The number of rotatable bonds is 35. The summed E-state index contributed by atoms with van der Waals surface area (Å²) in [5.74, 6) is -1.98. The van der Waals surface area contributed by atoms with Gasteiger partial charge in [0.1, 0.15) is 36.8 Å². The molecule has 0 saturated carbocycles. The third-order valence-electron chi connectivity index (χ3n) is 9.85. The second-order valence-electron chi connectivity index (χ2n) is 15.0. The zero-order chi connectivity index (χ0) is 39.9. The highest BCUT2D eigenvalue weighted by Gasteiger charge is 2.46. The van der Waals surface area contributed by atoms with Gasteiger partial charge in [0.15, 0.2) is 12.4 Å². The Balaban J connectivity index is 2.40. The Morgan fingerprint density at radius 3 is 1.54 bits per heavy atom. The normalized spacial score (nSPS) is 21.0. The number of esters is 2. The summed E-state index contributed by atoms with van der Waals surface area (Å²) in [7, 11) is -4.59. The van der Waals surface area contributed by atoms with Gasteiger partial charge in [-0.1, -0.05) is 142 Å². The molecule has 0 aromatic rings. The average molecular weight is 793 g/mol.